The van der Waals surface area contributed by atoms with E-state index in [1.807, 2.05) is 19.1 Å². The van der Waals surface area contributed by atoms with Gasteiger partial charge in [0, 0.05) is 25.9 Å². The van der Waals surface area contributed by atoms with E-state index in [9.17, 15) is 4.79 Å². The number of nitrogens with one attached hydrogen (secondary N) is 1. The molecule has 5 heteroatoms. The molecule has 0 fully saturated rings. The lowest BCUT2D eigenvalue weighted by atomic mass is 10.1. The van der Waals surface area contributed by atoms with Crippen molar-refractivity contribution in [1.29, 1.82) is 0 Å². The Kier molecular flexibility index (Phi) is 7.89. The molecule has 0 radical (unpaired) electrons. The highest BCUT2D eigenvalue weighted by Crippen LogP contribution is 2.20. The number of nitrogens with zero attached hydrogens (tertiary/aromatic N) is 2. The van der Waals surface area contributed by atoms with E-state index in [1.165, 1.54) is 11.1 Å². The highest BCUT2D eigenvalue weighted by atomic mass is 16.5. The average molecular weight is 408 g/mol. The molecule has 0 unspecified atom stereocenters. The fraction of sp³-hybridized carbons (Fsp3) is 0.440. The Hall–Kier alpha value is -2.82. The summed E-state index contributed by atoms with van der Waals surface area (Å²) in [6.07, 6.45) is 4.18. The van der Waals surface area contributed by atoms with Crippen LogP contribution >= 0.6 is 0 Å². The van der Waals surface area contributed by atoms with E-state index >= 15 is 0 Å². The lowest BCUT2D eigenvalue weighted by Crippen LogP contribution is -2.26. The molecule has 0 atom stereocenters. The van der Waals surface area contributed by atoms with Gasteiger partial charge in [0.25, 0.3) is 0 Å². The van der Waals surface area contributed by atoms with Crippen molar-refractivity contribution in [3.8, 4) is 5.75 Å². The quantitative estimate of drug-likeness (QED) is 0.457. The molecule has 0 aliphatic rings. The van der Waals surface area contributed by atoms with Gasteiger partial charge in [-0.3, -0.25) is 4.79 Å². The Bertz CT molecular complexity index is 978. The first kappa shape index (κ1) is 21.9. The Morgan fingerprint density at radius 1 is 1.13 bits per heavy atom. The first-order valence-electron chi connectivity index (χ1n) is 11.0. The molecule has 0 saturated heterocycles. The monoisotopic (exact) mass is 407 g/mol. The molecule has 5 nitrogen and oxygen atoms in total. The van der Waals surface area contributed by atoms with Gasteiger partial charge in [0.1, 0.15) is 11.6 Å². The summed E-state index contributed by atoms with van der Waals surface area (Å²) in [7, 11) is 0. The highest BCUT2D eigenvalue weighted by Gasteiger charge is 2.11. The fourth-order valence-corrected chi connectivity index (χ4v) is 3.71. The lowest BCUT2D eigenvalue weighted by molar-refractivity contribution is -0.121. The topological polar surface area (TPSA) is 56.2 Å². The molecular weight excluding hydrogens is 374 g/mol. The van der Waals surface area contributed by atoms with Gasteiger partial charge in [-0.15, -0.1) is 0 Å². The number of hydrogen-bond donors (Lipinski definition) is 1. The van der Waals surface area contributed by atoms with Gasteiger partial charge >= 0.3 is 0 Å². The van der Waals surface area contributed by atoms with E-state index in [2.05, 4.69) is 54.1 Å². The van der Waals surface area contributed by atoms with E-state index < -0.39 is 0 Å². The second kappa shape index (κ2) is 10.8. The predicted molar refractivity (Wildman–Crippen MR) is 122 cm³/mol. The highest BCUT2D eigenvalue weighted by molar-refractivity contribution is 5.76. The van der Waals surface area contributed by atoms with Crippen LogP contribution in [0.15, 0.2) is 42.5 Å². The van der Waals surface area contributed by atoms with Crippen molar-refractivity contribution in [1.82, 2.24) is 14.9 Å². The molecule has 1 N–H and O–H groups in total. The maximum Gasteiger partial charge on any atom is 0.219 e. The second-order valence-corrected chi connectivity index (χ2v) is 7.84. The molecule has 0 bridgehead atoms. The van der Waals surface area contributed by atoms with Crippen molar-refractivity contribution in [2.75, 3.05) is 13.2 Å². The number of rotatable bonds is 11. The number of carbonyl (C=O) groups is 1. The van der Waals surface area contributed by atoms with Crippen molar-refractivity contribution >= 4 is 16.9 Å². The summed E-state index contributed by atoms with van der Waals surface area (Å²) in [4.78, 5) is 16.5. The normalized spacial score (nSPS) is 11.0. The molecule has 3 rings (SSSR count). The van der Waals surface area contributed by atoms with E-state index in [0.29, 0.717) is 19.6 Å². The number of fused-ring (bicyclic) bond motifs is 1. The van der Waals surface area contributed by atoms with Crippen LogP contribution in [-0.4, -0.2) is 28.6 Å². The van der Waals surface area contributed by atoms with E-state index in [1.54, 1.807) is 0 Å². The minimum absolute atomic E-state index is 0.115. The molecule has 30 heavy (non-hydrogen) atoms. The third kappa shape index (κ3) is 5.85. The molecule has 0 aliphatic heterocycles. The molecule has 0 spiro atoms. The largest absolute Gasteiger partial charge is 0.493 e. The summed E-state index contributed by atoms with van der Waals surface area (Å²) < 4.78 is 8.26. The van der Waals surface area contributed by atoms with Gasteiger partial charge in [-0.2, -0.15) is 0 Å². The van der Waals surface area contributed by atoms with Crippen LogP contribution in [0.5, 0.6) is 5.75 Å². The number of benzene rings is 2. The summed E-state index contributed by atoms with van der Waals surface area (Å²) in [6.45, 7) is 8.43. The Labute approximate surface area is 179 Å². The van der Waals surface area contributed by atoms with Gasteiger partial charge in [-0.25, -0.2) is 4.98 Å². The van der Waals surface area contributed by atoms with Gasteiger partial charge in [-0.1, -0.05) is 36.8 Å². The summed E-state index contributed by atoms with van der Waals surface area (Å²) >= 11 is 0. The summed E-state index contributed by atoms with van der Waals surface area (Å²) in [5.74, 6) is 2.11. The molecule has 2 aromatic carbocycles. The van der Waals surface area contributed by atoms with Crippen LogP contribution in [0, 0.1) is 13.8 Å². The maximum absolute atomic E-state index is 11.7. The van der Waals surface area contributed by atoms with Crippen LogP contribution in [-0.2, 0) is 17.8 Å². The minimum atomic E-state index is 0.115. The molecule has 0 aliphatic carbocycles. The third-order valence-corrected chi connectivity index (χ3v) is 5.25. The van der Waals surface area contributed by atoms with Crippen LogP contribution in [0.1, 0.15) is 49.6 Å². The van der Waals surface area contributed by atoms with Crippen LogP contribution < -0.4 is 10.1 Å². The Balaban J connectivity index is 1.55. The number of amides is 1. The SMILES string of the molecule is CCCC(=O)NCCc1nc2ccccc2n1CCCCOc1ccc(C)cc1C. The zero-order valence-corrected chi connectivity index (χ0v) is 18.4. The maximum atomic E-state index is 11.7. The Morgan fingerprint density at radius 2 is 1.97 bits per heavy atom. The van der Waals surface area contributed by atoms with Crippen molar-refractivity contribution in [2.24, 2.45) is 0 Å². The van der Waals surface area contributed by atoms with Crippen molar-refractivity contribution < 1.29 is 9.53 Å². The van der Waals surface area contributed by atoms with Gasteiger partial charge in [0.15, 0.2) is 0 Å². The van der Waals surface area contributed by atoms with Crippen molar-refractivity contribution in [2.45, 2.75) is 59.4 Å². The molecule has 3 aromatic rings. The molecule has 0 saturated carbocycles. The number of unbranched alkanes of at least 4 members (excludes halogenated alkanes) is 1. The van der Waals surface area contributed by atoms with Gasteiger partial charge in [0.05, 0.1) is 17.6 Å². The Morgan fingerprint density at radius 3 is 2.77 bits per heavy atom. The van der Waals surface area contributed by atoms with E-state index in [-0.39, 0.29) is 5.91 Å². The van der Waals surface area contributed by atoms with Gasteiger partial charge in [0.2, 0.25) is 5.91 Å². The number of imidazole rings is 1. The number of aromatic nitrogens is 2. The number of para-hydroxylation sites is 2. The van der Waals surface area contributed by atoms with Crippen LogP contribution in [0.4, 0.5) is 0 Å². The molecule has 1 aromatic heterocycles. The first-order chi connectivity index (χ1) is 14.6. The standard InChI is InChI=1S/C25H33N3O2/c1-4-9-25(29)26-15-14-24-27-21-10-5-6-11-22(21)28(24)16-7-8-17-30-23-13-12-19(2)18-20(23)3/h5-6,10-13,18H,4,7-9,14-17H2,1-3H3,(H,26,29). The van der Waals surface area contributed by atoms with E-state index in [4.69, 9.17) is 9.72 Å². The lowest BCUT2D eigenvalue weighted by Gasteiger charge is -2.12. The van der Waals surface area contributed by atoms with Crippen molar-refractivity contribution in [3.05, 3.63) is 59.4 Å². The number of aryl methyl sites for hydroxylation is 3. The minimum Gasteiger partial charge on any atom is -0.493 e. The van der Waals surface area contributed by atoms with Gasteiger partial charge < -0.3 is 14.6 Å². The number of carbonyl (C=O) groups excluding carboxylic acids is 1. The van der Waals surface area contributed by atoms with E-state index in [0.717, 1.165) is 54.8 Å². The first-order valence-corrected chi connectivity index (χ1v) is 11.0. The zero-order valence-electron chi connectivity index (χ0n) is 18.4. The number of hydrogen-bond acceptors (Lipinski definition) is 3. The summed E-state index contributed by atoms with van der Waals surface area (Å²) in [5, 5.41) is 3.00. The summed E-state index contributed by atoms with van der Waals surface area (Å²) in [5.41, 5.74) is 4.61. The second-order valence-electron chi connectivity index (χ2n) is 7.84. The molecule has 1 heterocycles. The molecule has 1 amide bonds. The third-order valence-electron chi connectivity index (χ3n) is 5.25. The molecule has 160 valence electrons. The zero-order chi connectivity index (χ0) is 21.3. The van der Waals surface area contributed by atoms with Crippen LogP contribution in [0.25, 0.3) is 11.0 Å². The smallest absolute Gasteiger partial charge is 0.219 e. The predicted octanol–water partition coefficient (Wildman–Crippen LogP) is 4.97. The summed E-state index contributed by atoms with van der Waals surface area (Å²) in [6, 6.07) is 14.5. The average Bonchev–Trinajstić information content (AvgIpc) is 3.07. The fourth-order valence-electron chi connectivity index (χ4n) is 3.71. The van der Waals surface area contributed by atoms with Crippen LogP contribution in [0.3, 0.4) is 0 Å². The number of ether oxygens (including phenoxy) is 1. The molecular formula is C25H33N3O2. The van der Waals surface area contributed by atoms with Crippen molar-refractivity contribution in [3.63, 3.8) is 0 Å². The van der Waals surface area contributed by atoms with Gasteiger partial charge in [-0.05, 0) is 56.9 Å². The van der Waals surface area contributed by atoms with Crippen LogP contribution in [0.2, 0.25) is 0 Å².